The van der Waals surface area contributed by atoms with Crippen LogP contribution in [-0.4, -0.2) is 11.4 Å². The largest absolute Gasteiger partial charge is 0.392 e. The number of aldehydes is 1. The van der Waals surface area contributed by atoms with E-state index in [0.29, 0.717) is 11.1 Å². The van der Waals surface area contributed by atoms with Crippen LogP contribution in [0, 0.1) is 0 Å². The second-order valence-electron chi connectivity index (χ2n) is 2.87. The third kappa shape index (κ3) is 1.39. The molecule has 0 aliphatic heterocycles. The van der Waals surface area contributed by atoms with Crippen molar-refractivity contribution in [3.63, 3.8) is 0 Å². The van der Waals surface area contributed by atoms with Crippen molar-refractivity contribution in [3.8, 4) is 0 Å². The lowest BCUT2D eigenvalue weighted by Gasteiger charge is -2.04. The minimum Gasteiger partial charge on any atom is -0.392 e. The molecule has 0 fully saturated rings. The van der Waals surface area contributed by atoms with Crippen LogP contribution >= 0.6 is 27.3 Å². The normalized spacial score (nSPS) is 10.7. The molecular formula is C10H7BrO2S. The number of benzene rings is 1. The Bertz CT molecular complexity index is 490. The van der Waals surface area contributed by atoms with Crippen LogP contribution in [0.2, 0.25) is 0 Å². The van der Waals surface area contributed by atoms with Crippen molar-refractivity contribution in [2.75, 3.05) is 0 Å². The molecule has 0 saturated heterocycles. The molecule has 0 bridgehead atoms. The van der Waals surface area contributed by atoms with Gasteiger partial charge in [-0.15, -0.1) is 11.3 Å². The number of hydrogen-bond donors (Lipinski definition) is 1. The quantitative estimate of drug-likeness (QED) is 0.852. The van der Waals surface area contributed by atoms with Crippen LogP contribution in [0.1, 0.15) is 15.9 Å². The molecule has 0 unspecified atom stereocenters. The number of fused-ring (bicyclic) bond motifs is 1. The maximum Gasteiger partial charge on any atom is 0.151 e. The van der Waals surface area contributed by atoms with Gasteiger partial charge < -0.3 is 5.11 Å². The van der Waals surface area contributed by atoms with Gasteiger partial charge >= 0.3 is 0 Å². The van der Waals surface area contributed by atoms with Crippen LogP contribution in [0.5, 0.6) is 0 Å². The lowest BCUT2D eigenvalue weighted by molar-refractivity contribution is 0.112. The first-order chi connectivity index (χ1) is 6.77. The molecule has 0 aliphatic rings. The number of halogens is 1. The Morgan fingerprint density at radius 3 is 3.00 bits per heavy atom. The van der Waals surface area contributed by atoms with Crippen molar-refractivity contribution >= 4 is 43.6 Å². The molecule has 2 aromatic rings. The van der Waals surface area contributed by atoms with Crippen molar-refractivity contribution in [1.82, 2.24) is 0 Å². The van der Waals surface area contributed by atoms with Crippen molar-refractivity contribution in [2.24, 2.45) is 0 Å². The molecule has 4 heteroatoms. The van der Waals surface area contributed by atoms with Crippen LogP contribution in [0.4, 0.5) is 0 Å². The van der Waals surface area contributed by atoms with E-state index in [0.717, 1.165) is 20.8 Å². The van der Waals surface area contributed by atoms with Gasteiger partial charge in [0.1, 0.15) is 0 Å². The highest BCUT2D eigenvalue weighted by atomic mass is 79.9. The minimum atomic E-state index is -0.113. The second-order valence-corrected chi connectivity index (χ2v) is 4.64. The summed E-state index contributed by atoms with van der Waals surface area (Å²) in [5.41, 5.74) is 1.25. The molecule has 1 aromatic heterocycles. The molecule has 2 nitrogen and oxygen atoms in total. The van der Waals surface area contributed by atoms with Gasteiger partial charge in [0, 0.05) is 20.1 Å². The molecule has 72 valence electrons. The lowest BCUT2D eigenvalue weighted by Crippen LogP contribution is -1.93. The Hall–Kier alpha value is -0.710. The van der Waals surface area contributed by atoms with E-state index < -0.39 is 0 Å². The summed E-state index contributed by atoms with van der Waals surface area (Å²) < 4.78 is 1.97. The van der Waals surface area contributed by atoms with Crippen molar-refractivity contribution in [3.05, 3.63) is 33.1 Å². The summed E-state index contributed by atoms with van der Waals surface area (Å²) in [4.78, 5) is 10.9. The third-order valence-corrected chi connectivity index (χ3v) is 3.94. The van der Waals surface area contributed by atoms with E-state index >= 15 is 0 Å². The lowest BCUT2D eigenvalue weighted by atomic mass is 10.1. The van der Waals surface area contributed by atoms with Gasteiger partial charge in [-0.2, -0.15) is 0 Å². The fourth-order valence-corrected chi connectivity index (χ4v) is 3.03. The van der Waals surface area contributed by atoms with Crippen LogP contribution in [0.3, 0.4) is 0 Å². The summed E-state index contributed by atoms with van der Waals surface area (Å²) in [6.07, 6.45) is 0.799. The second kappa shape index (κ2) is 3.81. The molecule has 0 saturated carbocycles. The predicted octanol–water partition coefficient (Wildman–Crippen LogP) is 2.97. The standard InChI is InChI=1S/C10H7BrO2S/c11-9-3-6(4-12)8(5-13)7-1-2-14-10(7)9/h1-3,5,12H,4H2. The maximum atomic E-state index is 10.9. The molecule has 0 atom stereocenters. The Labute approximate surface area is 93.3 Å². The highest BCUT2D eigenvalue weighted by molar-refractivity contribution is 9.10. The molecular weight excluding hydrogens is 264 g/mol. The van der Waals surface area contributed by atoms with E-state index in [9.17, 15) is 4.79 Å². The van der Waals surface area contributed by atoms with E-state index in [1.807, 2.05) is 11.4 Å². The number of aliphatic hydroxyl groups excluding tert-OH is 1. The van der Waals surface area contributed by atoms with Crippen molar-refractivity contribution < 1.29 is 9.90 Å². The zero-order valence-corrected chi connectivity index (χ0v) is 9.56. The first-order valence-electron chi connectivity index (χ1n) is 4.02. The van der Waals surface area contributed by atoms with Gasteiger partial charge in [-0.05, 0) is 39.0 Å². The highest BCUT2D eigenvalue weighted by Crippen LogP contribution is 2.33. The van der Waals surface area contributed by atoms with E-state index in [1.165, 1.54) is 0 Å². The number of carbonyl (C=O) groups excluding carboxylic acids is 1. The molecule has 1 aromatic carbocycles. The molecule has 0 radical (unpaired) electrons. The van der Waals surface area contributed by atoms with Gasteiger partial charge in [-0.25, -0.2) is 0 Å². The smallest absolute Gasteiger partial charge is 0.151 e. The summed E-state index contributed by atoms with van der Waals surface area (Å²) in [7, 11) is 0. The van der Waals surface area contributed by atoms with Crippen molar-refractivity contribution in [2.45, 2.75) is 6.61 Å². The maximum absolute atomic E-state index is 10.9. The summed E-state index contributed by atoms with van der Waals surface area (Å²) in [6, 6.07) is 3.69. The summed E-state index contributed by atoms with van der Waals surface area (Å²) in [6.45, 7) is -0.113. The number of carbonyl (C=O) groups is 1. The zero-order valence-electron chi connectivity index (χ0n) is 7.16. The van der Waals surface area contributed by atoms with Gasteiger partial charge in [0.15, 0.2) is 6.29 Å². The predicted molar refractivity (Wildman–Crippen MR) is 60.8 cm³/mol. The molecule has 0 spiro atoms. The first-order valence-corrected chi connectivity index (χ1v) is 5.69. The number of thiophene rings is 1. The minimum absolute atomic E-state index is 0.113. The van der Waals surface area contributed by atoms with Crippen molar-refractivity contribution in [1.29, 1.82) is 0 Å². The molecule has 14 heavy (non-hydrogen) atoms. The Balaban J connectivity index is 2.88. The highest BCUT2D eigenvalue weighted by Gasteiger charge is 2.10. The van der Waals surface area contributed by atoms with E-state index in [1.54, 1.807) is 17.4 Å². The molecule has 1 heterocycles. The fourth-order valence-electron chi connectivity index (χ4n) is 1.45. The molecule has 2 rings (SSSR count). The fraction of sp³-hybridized carbons (Fsp3) is 0.100. The van der Waals surface area contributed by atoms with Gasteiger partial charge in [0.05, 0.1) is 6.61 Å². The van der Waals surface area contributed by atoms with Gasteiger partial charge in [0.2, 0.25) is 0 Å². The monoisotopic (exact) mass is 270 g/mol. The number of rotatable bonds is 2. The summed E-state index contributed by atoms with van der Waals surface area (Å²) in [5, 5.41) is 11.9. The topological polar surface area (TPSA) is 37.3 Å². The Kier molecular flexibility index (Phi) is 2.67. The van der Waals surface area contributed by atoms with Gasteiger partial charge in [0.25, 0.3) is 0 Å². The average molecular weight is 271 g/mol. The zero-order chi connectivity index (χ0) is 10.1. The van der Waals surface area contributed by atoms with E-state index in [4.69, 9.17) is 5.11 Å². The first kappa shape index (κ1) is 9.83. The van der Waals surface area contributed by atoms with Gasteiger partial charge in [-0.1, -0.05) is 0 Å². The van der Waals surface area contributed by atoms with Crippen LogP contribution in [-0.2, 0) is 6.61 Å². The molecule has 1 N–H and O–H groups in total. The van der Waals surface area contributed by atoms with Crippen LogP contribution in [0.25, 0.3) is 10.1 Å². The van der Waals surface area contributed by atoms with Crippen LogP contribution < -0.4 is 0 Å². The number of aliphatic hydroxyl groups is 1. The Morgan fingerprint density at radius 1 is 1.57 bits per heavy atom. The Morgan fingerprint density at radius 2 is 2.36 bits per heavy atom. The number of hydrogen-bond acceptors (Lipinski definition) is 3. The molecule has 0 amide bonds. The molecule has 0 aliphatic carbocycles. The SMILES string of the molecule is O=Cc1c(CO)cc(Br)c2sccc12. The summed E-state index contributed by atoms with van der Waals surface area (Å²) >= 11 is 4.99. The third-order valence-electron chi connectivity index (χ3n) is 2.11. The van der Waals surface area contributed by atoms with E-state index in [2.05, 4.69) is 15.9 Å². The van der Waals surface area contributed by atoms with Gasteiger partial charge in [-0.3, -0.25) is 4.79 Å². The van der Waals surface area contributed by atoms with E-state index in [-0.39, 0.29) is 6.61 Å². The van der Waals surface area contributed by atoms with Crippen LogP contribution in [0.15, 0.2) is 22.0 Å². The summed E-state index contributed by atoms with van der Waals surface area (Å²) in [5.74, 6) is 0. The average Bonchev–Trinajstić information content (AvgIpc) is 2.66.